The molecule has 0 bridgehead atoms. The third-order valence-electron chi connectivity index (χ3n) is 1.57. The van der Waals surface area contributed by atoms with Crippen molar-refractivity contribution in [2.24, 2.45) is 12.8 Å². The molecule has 1 aromatic rings. The van der Waals surface area contributed by atoms with E-state index in [2.05, 4.69) is 5.10 Å². The summed E-state index contributed by atoms with van der Waals surface area (Å²) in [5, 5.41) is 3.26. The van der Waals surface area contributed by atoms with Gasteiger partial charge in [-0.15, -0.1) is 11.6 Å². The van der Waals surface area contributed by atoms with Crippen molar-refractivity contribution < 1.29 is 4.79 Å². The number of hydrogen-bond donors (Lipinski definition) is 1. The number of primary amides is 1. The number of nitrogens with two attached hydrogens (primary N) is 1. The van der Waals surface area contributed by atoms with E-state index in [0.717, 1.165) is 5.69 Å². The third kappa shape index (κ3) is 1.58. The van der Waals surface area contributed by atoms with E-state index in [1.54, 1.807) is 24.9 Å². The maximum atomic E-state index is 10.7. The fourth-order valence-corrected chi connectivity index (χ4v) is 1.23. The van der Waals surface area contributed by atoms with Gasteiger partial charge in [-0.25, -0.2) is 0 Å². The number of amides is 1. The zero-order valence-corrected chi connectivity index (χ0v) is 7.67. The van der Waals surface area contributed by atoms with Crippen molar-refractivity contribution >= 4 is 17.5 Å². The van der Waals surface area contributed by atoms with Crippen LogP contribution < -0.4 is 5.73 Å². The second-order valence-electron chi connectivity index (χ2n) is 2.61. The van der Waals surface area contributed by atoms with E-state index in [-0.39, 0.29) is 0 Å². The van der Waals surface area contributed by atoms with Crippen LogP contribution in [-0.2, 0) is 11.8 Å². The predicted octanol–water partition coefficient (Wildman–Crippen LogP) is 0.494. The van der Waals surface area contributed by atoms with Crippen molar-refractivity contribution in [3.05, 3.63) is 17.5 Å². The highest BCUT2D eigenvalue weighted by Crippen LogP contribution is 2.21. The van der Waals surface area contributed by atoms with Crippen LogP contribution in [-0.4, -0.2) is 15.7 Å². The lowest BCUT2D eigenvalue weighted by molar-refractivity contribution is -0.117. The first-order chi connectivity index (χ1) is 5.52. The third-order valence-corrected chi connectivity index (χ3v) is 2.02. The number of hydrogen-bond acceptors (Lipinski definition) is 2. The molecule has 12 heavy (non-hydrogen) atoms. The van der Waals surface area contributed by atoms with E-state index in [0.29, 0.717) is 5.56 Å². The quantitative estimate of drug-likeness (QED) is 0.686. The molecule has 0 fully saturated rings. The molecule has 0 saturated carbocycles. The van der Waals surface area contributed by atoms with Crippen LogP contribution >= 0.6 is 11.6 Å². The molecule has 1 aromatic heterocycles. The van der Waals surface area contributed by atoms with Crippen molar-refractivity contribution in [2.45, 2.75) is 12.3 Å². The van der Waals surface area contributed by atoms with Gasteiger partial charge >= 0.3 is 0 Å². The molecule has 1 unspecified atom stereocenters. The van der Waals surface area contributed by atoms with Gasteiger partial charge in [0.2, 0.25) is 5.91 Å². The molecular formula is C7H10ClN3O. The van der Waals surface area contributed by atoms with Gasteiger partial charge in [0, 0.05) is 18.8 Å². The minimum absolute atomic E-state index is 0.548. The van der Waals surface area contributed by atoms with Gasteiger partial charge in [-0.05, 0) is 6.92 Å². The molecule has 1 amide bonds. The van der Waals surface area contributed by atoms with E-state index in [1.807, 2.05) is 0 Å². The zero-order chi connectivity index (χ0) is 9.30. The summed E-state index contributed by atoms with van der Waals surface area (Å²) in [6.07, 6.45) is 1.69. The molecule has 1 atom stereocenters. The first-order valence-corrected chi connectivity index (χ1v) is 3.89. The highest BCUT2D eigenvalue weighted by molar-refractivity contribution is 6.30. The zero-order valence-electron chi connectivity index (χ0n) is 6.91. The van der Waals surface area contributed by atoms with E-state index in [1.165, 1.54) is 0 Å². The molecule has 0 spiro atoms. The molecule has 0 radical (unpaired) electrons. The Bertz CT molecular complexity index is 308. The van der Waals surface area contributed by atoms with Crippen molar-refractivity contribution in [3.63, 3.8) is 0 Å². The lowest BCUT2D eigenvalue weighted by Crippen LogP contribution is -2.17. The van der Waals surface area contributed by atoms with Gasteiger partial charge in [-0.1, -0.05) is 0 Å². The Labute approximate surface area is 75.3 Å². The number of carbonyl (C=O) groups excluding carboxylic acids is 1. The fourth-order valence-electron chi connectivity index (χ4n) is 1.02. The first kappa shape index (κ1) is 9.06. The molecule has 0 aliphatic heterocycles. The van der Waals surface area contributed by atoms with Crippen LogP contribution in [0, 0.1) is 6.92 Å². The van der Waals surface area contributed by atoms with Gasteiger partial charge in [-0.3, -0.25) is 9.48 Å². The highest BCUT2D eigenvalue weighted by atomic mass is 35.5. The van der Waals surface area contributed by atoms with Crippen LogP contribution in [0.4, 0.5) is 0 Å². The van der Waals surface area contributed by atoms with E-state index < -0.39 is 11.3 Å². The molecule has 2 N–H and O–H groups in total. The Balaban J connectivity index is 3.02. The SMILES string of the molecule is Cc1nn(C)cc1C(Cl)C(N)=O. The summed E-state index contributed by atoms with van der Waals surface area (Å²) in [7, 11) is 1.76. The van der Waals surface area contributed by atoms with E-state index in [4.69, 9.17) is 17.3 Å². The Hall–Kier alpha value is -1.03. The summed E-state index contributed by atoms with van der Waals surface area (Å²) in [4.78, 5) is 10.7. The molecule has 0 aliphatic rings. The molecule has 0 aliphatic carbocycles. The second-order valence-corrected chi connectivity index (χ2v) is 3.04. The molecule has 66 valence electrons. The Morgan fingerprint density at radius 1 is 1.83 bits per heavy atom. The topological polar surface area (TPSA) is 60.9 Å². The summed E-state index contributed by atoms with van der Waals surface area (Å²) < 4.78 is 1.60. The number of alkyl halides is 1. The van der Waals surface area contributed by atoms with Crippen molar-refractivity contribution in [2.75, 3.05) is 0 Å². The maximum Gasteiger partial charge on any atom is 0.240 e. The number of carbonyl (C=O) groups is 1. The Morgan fingerprint density at radius 2 is 2.42 bits per heavy atom. The van der Waals surface area contributed by atoms with Crippen molar-refractivity contribution in [3.8, 4) is 0 Å². The highest BCUT2D eigenvalue weighted by Gasteiger charge is 2.18. The van der Waals surface area contributed by atoms with Gasteiger partial charge < -0.3 is 5.73 Å². The molecule has 0 aromatic carbocycles. The average Bonchev–Trinajstić information content (AvgIpc) is 2.28. The average molecular weight is 188 g/mol. The maximum absolute atomic E-state index is 10.7. The molecule has 4 nitrogen and oxygen atoms in total. The summed E-state index contributed by atoms with van der Waals surface area (Å²) in [5.41, 5.74) is 6.44. The van der Waals surface area contributed by atoms with E-state index in [9.17, 15) is 4.79 Å². The van der Waals surface area contributed by atoms with Crippen LogP contribution in [0.1, 0.15) is 16.6 Å². The molecular weight excluding hydrogens is 178 g/mol. The van der Waals surface area contributed by atoms with E-state index >= 15 is 0 Å². The van der Waals surface area contributed by atoms with Crippen molar-refractivity contribution in [1.29, 1.82) is 0 Å². The van der Waals surface area contributed by atoms with Crippen LogP contribution in [0.5, 0.6) is 0 Å². The molecule has 1 heterocycles. The van der Waals surface area contributed by atoms with Gasteiger partial charge in [0.25, 0.3) is 0 Å². The number of nitrogens with zero attached hydrogens (tertiary/aromatic N) is 2. The second kappa shape index (κ2) is 3.15. The van der Waals surface area contributed by atoms with Crippen LogP contribution in [0.2, 0.25) is 0 Å². The normalized spacial score (nSPS) is 12.9. The van der Waals surface area contributed by atoms with Gasteiger partial charge in [0.05, 0.1) is 5.69 Å². The number of aromatic nitrogens is 2. The summed E-state index contributed by atoms with van der Waals surface area (Å²) >= 11 is 5.73. The largest absolute Gasteiger partial charge is 0.368 e. The Kier molecular flexibility index (Phi) is 2.38. The monoisotopic (exact) mass is 187 g/mol. The predicted molar refractivity (Wildman–Crippen MR) is 45.7 cm³/mol. The van der Waals surface area contributed by atoms with Crippen molar-refractivity contribution in [1.82, 2.24) is 9.78 Å². The van der Waals surface area contributed by atoms with Crippen LogP contribution in [0.15, 0.2) is 6.20 Å². The van der Waals surface area contributed by atoms with Gasteiger partial charge in [-0.2, -0.15) is 5.10 Å². The van der Waals surface area contributed by atoms with Crippen LogP contribution in [0.3, 0.4) is 0 Å². The van der Waals surface area contributed by atoms with Gasteiger partial charge in [0.15, 0.2) is 0 Å². The first-order valence-electron chi connectivity index (χ1n) is 3.46. The number of rotatable bonds is 2. The number of halogens is 1. The number of aryl methyl sites for hydroxylation is 2. The smallest absolute Gasteiger partial charge is 0.240 e. The minimum atomic E-state index is -0.779. The Morgan fingerprint density at radius 3 is 2.75 bits per heavy atom. The summed E-state index contributed by atoms with van der Waals surface area (Å²) in [6, 6.07) is 0. The fraction of sp³-hybridized carbons (Fsp3) is 0.429. The lowest BCUT2D eigenvalue weighted by Gasteiger charge is -2.01. The summed E-state index contributed by atoms with van der Waals surface area (Å²) in [5.74, 6) is -0.548. The summed E-state index contributed by atoms with van der Waals surface area (Å²) in [6.45, 7) is 1.79. The molecule has 0 saturated heterocycles. The van der Waals surface area contributed by atoms with Crippen LogP contribution in [0.25, 0.3) is 0 Å². The molecule has 1 rings (SSSR count). The lowest BCUT2D eigenvalue weighted by atomic mass is 10.2. The minimum Gasteiger partial charge on any atom is -0.368 e. The molecule has 5 heteroatoms. The van der Waals surface area contributed by atoms with Gasteiger partial charge in [0.1, 0.15) is 5.38 Å². The standard InChI is InChI=1S/C7H10ClN3O/c1-4-5(3-11(2)10-4)6(8)7(9)12/h3,6H,1-2H3,(H2,9,12).